The zero-order chi connectivity index (χ0) is 25.6. The first-order valence-electron chi connectivity index (χ1n) is 11.0. The van der Waals surface area contributed by atoms with Crippen molar-refractivity contribution in [3.8, 4) is 0 Å². The van der Waals surface area contributed by atoms with E-state index in [0.717, 1.165) is 21.4 Å². The van der Waals surface area contributed by atoms with Crippen LogP contribution >= 0.6 is 0 Å². The lowest BCUT2D eigenvalue weighted by Gasteiger charge is -2.23. The molecule has 0 spiro atoms. The summed E-state index contributed by atoms with van der Waals surface area (Å²) in [6, 6.07) is 35.7. The largest absolute Gasteiger partial charge is 0.357 e. The van der Waals surface area contributed by atoms with Crippen molar-refractivity contribution < 1.29 is 9.59 Å². The molecule has 4 rings (SSSR count). The molecule has 10 heteroatoms. The van der Waals surface area contributed by atoms with Gasteiger partial charge in [0, 0.05) is 0 Å². The number of carbonyl (C=O) groups is 2. The summed E-state index contributed by atoms with van der Waals surface area (Å²) in [4.78, 5) is 23.5. The molecule has 36 heavy (non-hydrogen) atoms. The minimum atomic E-state index is -0.507. The molecule has 0 saturated carbocycles. The Hall–Kier alpha value is -5.06. The molecule has 0 heterocycles. The number of carbonyl (C=O) groups excluding carboxylic acids is 2. The molecule has 0 radical (unpaired) electrons. The molecule has 184 valence electrons. The smallest absolute Gasteiger partial charge is 0.297 e. The number of anilines is 4. The lowest BCUT2D eigenvalue weighted by molar-refractivity contribution is 0.244. The van der Waals surface area contributed by atoms with Crippen LogP contribution < -0.4 is 43.4 Å². The average Bonchev–Trinajstić information content (AvgIpc) is 2.96. The number of hydrogen-bond donors (Lipinski definition) is 6. The lowest BCUT2D eigenvalue weighted by Crippen LogP contribution is -2.50. The molecule has 0 aliphatic rings. The molecule has 0 atom stereocenters. The second-order valence-electron chi connectivity index (χ2n) is 7.25. The number of amides is 4. The number of nitrogens with one attached hydrogen (secondary N) is 4. The van der Waals surface area contributed by atoms with E-state index in [4.69, 9.17) is 11.7 Å². The van der Waals surface area contributed by atoms with E-state index in [-0.39, 0.29) is 6.03 Å². The maximum Gasteiger partial charge on any atom is 0.357 e. The number of hydrazine groups is 4. The van der Waals surface area contributed by atoms with Crippen LogP contribution in [0.15, 0.2) is 121 Å². The van der Waals surface area contributed by atoms with Gasteiger partial charge in [-0.05, 0) is 48.5 Å². The van der Waals surface area contributed by atoms with E-state index in [1.54, 1.807) is 48.5 Å². The summed E-state index contributed by atoms with van der Waals surface area (Å²) in [7, 11) is 0. The van der Waals surface area contributed by atoms with E-state index in [1.807, 2.05) is 72.8 Å². The Labute approximate surface area is 209 Å². The highest BCUT2D eigenvalue weighted by Gasteiger charge is 2.18. The summed E-state index contributed by atoms with van der Waals surface area (Å²) in [5.74, 6) is 11.5. The van der Waals surface area contributed by atoms with Crippen LogP contribution in [0.3, 0.4) is 0 Å². The molecular formula is C26H28N8O2. The molecule has 0 aliphatic carbocycles. The van der Waals surface area contributed by atoms with E-state index >= 15 is 0 Å². The first kappa shape index (κ1) is 25.6. The predicted molar refractivity (Wildman–Crippen MR) is 143 cm³/mol. The van der Waals surface area contributed by atoms with Gasteiger partial charge in [0.25, 0.3) is 0 Å². The zero-order valence-corrected chi connectivity index (χ0v) is 19.4. The predicted octanol–water partition coefficient (Wildman–Crippen LogP) is 4.21. The summed E-state index contributed by atoms with van der Waals surface area (Å²) in [6.45, 7) is 0. The van der Waals surface area contributed by atoms with Gasteiger partial charge < -0.3 is 0 Å². The van der Waals surface area contributed by atoms with Crippen molar-refractivity contribution in [1.82, 2.24) is 10.9 Å². The van der Waals surface area contributed by atoms with Crippen molar-refractivity contribution >= 4 is 34.8 Å². The summed E-state index contributed by atoms with van der Waals surface area (Å²) in [5.41, 5.74) is 13.4. The van der Waals surface area contributed by atoms with Gasteiger partial charge in [-0.2, -0.15) is 0 Å². The van der Waals surface area contributed by atoms with Crippen molar-refractivity contribution in [2.75, 3.05) is 20.9 Å². The fraction of sp³-hybridized carbons (Fsp3) is 0. The molecule has 4 aromatic rings. The molecule has 0 saturated heterocycles. The number of para-hydroxylation sites is 4. The maximum atomic E-state index is 12.0. The summed E-state index contributed by atoms with van der Waals surface area (Å²) in [6.07, 6.45) is 0. The van der Waals surface area contributed by atoms with Gasteiger partial charge in [-0.15, -0.1) is 0 Å². The fourth-order valence-electron chi connectivity index (χ4n) is 2.85. The quantitative estimate of drug-likeness (QED) is 0.138. The van der Waals surface area contributed by atoms with Crippen LogP contribution in [-0.4, -0.2) is 12.1 Å². The first-order valence-corrected chi connectivity index (χ1v) is 11.0. The summed E-state index contributed by atoms with van der Waals surface area (Å²) >= 11 is 0. The first-order chi connectivity index (χ1) is 17.5. The second kappa shape index (κ2) is 13.6. The van der Waals surface area contributed by atoms with Crippen LogP contribution in [0, 0.1) is 0 Å². The number of hydrogen-bond acceptors (Lipinski definition) is 6. The molecule has 8 N–H and O–H groups in total. The molecule has 0 aromatic heterocycles. The molecule has 0 bridgehead atoms. The van der Waals surface area contributed by atoms with Gasteiger partial charge in [-0.25, -0.2) is 31.3 Å². The van der Waals surface area contributed by atoms with Gasteiger partial charge >= 0.3 is 12.1 Å². The number of nitrogens with two attached hydrogens (primary N) is 2. The molecular weight excluding hydrogens is 456 g/mol. The van der Waals surface area contributed by atoms with Crippen molar-refractivity contribution in [2.45, 2.75) is 0 Å². The van der Waals surface area contributed by atoms with E-state index in [2.05, 4.69) is 21.7 Å². The Kier molecular flexibility index (Phi) is 9.66. The second-order valence-corrected chi connectivity index (χ2v) is 7.25. The Bertz CT molecular complexity index is 1100. The number of urea groups is 2. The minimum Gasteiger partial charge on any atom is -0.297 e. The molecule has 0 unspecified atom stereocenters. The number of nitrogens with zero attached hydrogens (tertiary/aromatic N) is 2. The van der Waals surface area contributed by atoms with Crippen molar-refractivity contribution in [2.24, 2.45) is 11.7 Å². The molecule has 4 aromatic carbocycles. The topological polar surface area (TPSA) is 141 Å². The Balaban J connectivity index is 0.000000201. The fourth-order valence-corrected chi connectivity index (χ4v) is 2.85. The Morgan fingerprint density at radius 2 is 0.806 bits per heavy atom. The van der Waals surface area contributed by atoms with Crippen molar-refractivity contribution in [1.29, 1.82) is 0 Å². The van der Waals surface area contributed by atoms with E-state index in [9.17, 15) is 9.59 Å². The van der Waals surface area contributed by atoms with E-state index in [1.165, 1.54) is 0 Å². The third-order valence-corrected chi connectivity index (χ3v) is 4.67. The molecule has 4 amide bonds. The van der Waals surface area contributed by atoms with Gasteiger partial charge in [-0.1, -0.05) is 72.8 Å². The van der Waals surface area contributed by atoms with Crippen LogP contribution in [0.25, 0.3) is 0 Å². The molecule has 10 nitrogen and oxygen atoms in total. The third kappa shape index (κ3) is 8.06. The standard InChI is InChI=1S/2C13H14N4O/c14-16(11-7-3-1-4-8-11)13(18)17(15)12-9-5-2-6-10-12;18-13(16-14-11-7-3-1-4-8-11)17-15-12-9-5-2-6-10-12/h1-10H,14-15H2;1-10,14-15H,(H2,16,17,18). The van der Waals surface area contributed by atoms with Crippen molar-refractivity contribution in [3.63, 3.8) is 0 Å². The number of rotatable bonds is 6. The highest BCUT2D eigenvalue weighted by molar-refractivity contribution is 6.01. The maximum absolute atomic E-state index is 12.0. The third-order valence-electron chi connectivity index (χ3n) is 4.67. The van der Waals surface area contributed by atoms with Gasteiger partial charge in [-0.3, -0.25) is 21.7 Å². The van der Waals surface area contributed by atoms with Crippen LogP contribution in [0.4, 0.5) is 32.3 Å². The van der Waals surface area contributed by atoms with Gasteiger partial charge in [0.05, 0.1) is 22.7 Å². The van der Waals surface area contributed by atoms with Gasteiger partial charge in [0.2, 0.25) is 0 Å². The Morgan fingerprint density at radius 3 is 1.14 bits per heavy atom. The zero-order valence-electron chi connectivity index (χ0n) is 19.4. The minimum absolute atomic E-state index is 0.372. The van der Waals surface area contributed by atoms with E-state index in [0.29, 0.717) is 11.4 Å². The normalized spacial score (nSPS) is 9.61. The summed E-state index contributed by atoms with van der Waals surface area (Å²) < 4.78 is 0. The SMILES string of the molecule is NN(C(=O)N(N)c1ccccc1)c1ccccc1.O=C(NNc1ccccc1)NNc1ccccc1. The average molecular weight is 485 g/mol. The monoisotopic (exact) mass is 484 g/mol. The van der Waals surface area contributed by atoms with E-state index < -0.39 is 6.03 Å². The van der Waals surface area contributed by atoms with Crippen LogP contribution in [-0.2, 0) is 0 Å². The highest BCUT2D eigenvalue weighted by Crippen LogP contribution is 2.15. The number of benzene rings is 4. The summed E-state index contributed by atoms with van der Waals surface area (Å²) in [5, 5.41) is 2.01. The van der Waals surface area contributed by atoms with Crippen LogP contribution in [0.1, 0.15) is 0 Å². The van der Waals surface area contributed by atoms with Crippen LogP contribution in [0.2, 0.25) is 0 Å². The van der Waals surface area contributed by atoms with Crippen LogP contribution in [0.5, 0.6) is 0 Å². The Morgan fingerprint density at radius 1 is 0.500 bits per heavy atom. The molecule has 0 aliphatic heterocycles. The lowest BCUT2D eigenvalue weighted by atomic mass is 10.3. The molecule has 0 fully saturated rings. The van der Waals surface area contributed by atoms with Crippen molar-refractivity contribution in [3.05, 3.63) is 121 Å². The van der Waals surface area contributed by atoms with Gasteiger partial charge in [0.15, 0.2) is 0 Å². The highest BCUT2D eigenvalue weighted by atomic mass is 16.2. The van der Waals surface area contributed by atoms with Gasteiger partial charge in [0.1, 0.15) is 0 Å².